The van der Waals surface area contributed by atoms with Crippen LogP contribution in [0.1, 0.15) is 15.9 Å². The Bertz CT molecular complexity index is 1560. The molecule has 0 aliphatic carbocycles. The molecule has 0 saturated carbocycles. The van der Waals surface area contributed by atoms with Gasteiger partial charge in [0.1, 0.15) is 23.1 Å². The van der Waals surface area contributed by atoms with E-state index in [1.807, 2.05) is 54.6 Å². The summed E-state index contributed by atoms with van der Waals surface area (Å²) in [6, 6.07) is 20.9. The van der Waals surface area contributed by atoms with E-state index >= 15 is 0 Å². The fourth-order valence-electron chi connectivity index (χ4n) is 3.80. The van der Waals surface area contributed by atoms with Crippen LogP contribution in [-0.2, 0) is 0 Å². The topological polar surface area (TPSA) is 96.6 Å². The molecule has 34 heavy (non-hydrogen) atoms. The van der Waals surface area contributed by atoms with Gasteiger partial charge in [0.05, 0.1) is 12.8 Å². The zero-order valence-electron chi connectivity index (χ0n) is 18.3. The van der Waals surface area contributed by atoms with E-state index in [0.29, 0.717) is 28.0 Å². The van der Waals surface area contributed by atoms with Gasteiger partial charge in [-0.05, 0) is 48.5 Å². The number of carbonyl (C=O) groups is 1. The number of fused-ring (bicyclic) bond motifs is 1. The molecule has 5 rings (SSSR count). The Balaban J connectivity index is 1.62. The third-order valence-corrected chi connectivity index (χ3v) is 5.50. The first-order valence-electron chi connectivity index (χ1n) is 10.5. The van der Waals surface area contributed by atoms with Gasteiger partial charge in [-0.15, -0.1) is 0 Å². The maximum Gasteiger partial charge on any atom is 0.205 e. The third-order valence-electron chi connectivity index (χ3n) is 5.50. The van der Waals surface area contributed by atoms with Crippen molar-refractivity contribution in [3.05, 3.63) is 102 Å². The number of hydrogen-bond donors (Lipinski definition) is 1. The van der Waals surface area contributed by atoms with Crippen LogP contribution in [0.4, 0.5) is 0 Å². The van der Waals surface area contributed by atoms with Crippen LogP contribution < -0.4 is 4.74 Å². The second-order valence-electron chi connectivity index (χ2n) is 7.57. The molecule has 5 aromatic rings. The lowest BCUT2D eigenvalue weighted by atomic mass is 10.0. The summed E-state index contributed by atoms with van der Waals surface area (Å²) in [5.74, 6) is 0.248. The highest BCUT2D eigenvalue weighted by Gasteiger charge is 2.19. The summed E-state index contributed by atoms with van der Waals surface area (Å²) >= 11 is 0. The summed E-state index contributed by atoms with van der Waals surface area (Å²) in [5, 5.41) is 15.3. The van der Waals surface area contributed by atoms with Crippen molar-refractivity contribution in [2.75, 3.05) is 7.11 Å². The van der Waals surface area contributed by atoms with E-state index < -0.39 is 0 Å². The van der Waals surface area contributed by atoms with Crippen LogP contribution >= 0.6 is 0 Å². The molecule has 0 radical (unpaired) electrons. The molecule has 0 amide bonds. The number of allylic oxidation sites excluding steroid dienone is 1. The first-order valence-corrected chi connectivity index (χ1v) is 10.5. The molecule has 3 aromatic heterocycles. The van der Waals surface area contributed by atoms with Gasteiger partial charge in [0.25, 0.3) is 0 Å². The summed E-state index contributed by atoms with van der Waals surface area (Å²) in [6.07, 6.45) is 8.39. The Morgan fingerprint density at radius 1 is 1.15 bits per heavy atom. The number of ketones is 1. The summed E-state index contributed by atoms with van der Waals surface area (Å²) < 4.78 is 7.02. The number of nitriles is 1. The van der Waals surface area contributed by atoms with Crippen molar-refractivity contribution in [1.82, 2.24) is 19.7 Å². The number of aromatic nitrogens is 4. The molecular formula is C27H19N5O2. The van der Waals surface area contributed by atoms with Crippen molar-refractivity contribution < 1.29 is 9.53 Å². The quantitative estimate of drug-likeness (QED) is 0.220. The number of nitrogens with zero attached hydrogens (tertiary/aromatic N) is 4. The lowest BCUT2D eigenvalue weighted by Crippen LogP contribution is -2.01. The van der Waals surface area contributed by atoms with Crippen molar-refractivity contribution in [3.63, 3.8) is 0 Å². The maximum atomic E-state index is 13.4. The molecule has 3 heterocycles. The van der Waals surface area contributed by atoms with Gasteiger partial charge >= 0.3 is 0 Å². The summed E-state index contributed by atoms with van der Waals surface area (Å²) in [5.41, 5.74) is 4.10. The predicted molar refractivity (Wildman–Crippen MR) is 130 cm³/mol. The molecule has 0 bridgehead atoms. The van der Waals surface area contributed by atoms with E-state index in [0.717, 1.165) is 16.8 Å². The average Bonchev–Trinajstić information content (AvgIpc) is 3.52. The Morgan fingerprint density at radius 3 is 2.74 bits per heavy atom. The summed E-state index contributed by atoms with van der Waals surface area (Å²) in [4.78, 5) is 20.7. The highest BCUT2D eigenvalue weighted by Crippen LogP contribution is 2.28. The third kappa shape index (κ3) is 3.85. The maximum absolute atomic E-state index is 13.4. The van der Waals surface area contributed by atoms with Gasteiger partial charge < -0.3 is 9.72 Å². The van der Waals surface area contributed by atoms with Crippen molar-refractivity contribution in [2.24, 2.45) is 0 Å². The van der Waals surface area contributed by atoms with Crippen molar-refractivity contribution in [3.8, 4) is 28.8 Å². The fourth-order valence-corrected chi connectivity index (χ4v) is 3.80. The Morgan fingerprint density at radius 2 is 2.00 bits per heavy atom. The predicted octanol–water partition coefficient (Wildman–Crippen LogP) is 5.21. The molecular weight excluding hydrogens is 426 g/mol. The number of para-hydroxylation sites is 1. The van der Waals surface area contributed by atoms with E-state index in [9.17, 15) is 10.1 Å². The van der Waals surface area contributed by atoms with Crippen molar-refractivity contribution in [1.29, 1.82) is 5.26 Å². The van der Waals surface area contributed by atoms with Gasteiger partial charge in [0, 0.05) is 52.4 Å². The van der Waals surface area contributed by atoms with Crippen molar-refractivity contribution in [2.45, 2.75) is 0 Å². The zero-order valence-corrected chi connectivity index (χ0v) is 18.3. The number of methoxy groups -OCH3 is 1. The Kier molecular flexibility index (Phi) is 5.46. The lowest BCUT2D eigenvalue weighted by Gasteiger charge is -2.02. The highest BCUT2D eigenvalue weighted by molar-refractivity contribution is 6.20. The number of ether oxygens (including phenoxy) is 1. The molecule has 0 aliphatic heterocycles. The molecule has 0 aliphatic rings. The largest absolute Gasteiger partial charge is 0.497 e. The number of pyridine rings is 1. The van der Waals surface area contributed by atoms with Crippen LogP contribution in [0.3, 0.4) is 0 Å². The minimum Gasteiger partial charge on any atom is -0.497 e. The average molecular weight is 445 g/mol. The number of hydrogen-bond acceptors (Lipinski definition) is 5. The number of Topliss-reactive ketones (excluding diaryl/α,β-unsaturated/α-hetero) is 1. The minimum atomic E-state index is -0.383. The van der Waals surface area contributed by atoms with Crippen LogP contribution in [0.15, 0.2) is 91.0 Å². The minimum absolute atomic E-state index is 0.00136. The Hall–Kier alpha value is -4.96. The standard InChI is InChI=1S/C27H19N5O2/c1-34-22-9-10-25-23(13-22)24(16-30-25)27(33)19(14-28)12-20-17-32(21-7-3-2-4-8-21)31-26(20)18-6-5-11-29-15-18/h2-13,15-17,30H,1H3/b19-12+. The van der Waals surface area contributed by atoms with Crippen LogP contribution in [0, 0.1) is 11.3 Å². The van der Waals surface area contributed by atoms with Crippen LogP contribution in [-0.4, -0.2) is 32.6 Å². The van der Waals surface area contributed by atoms with E-state index in [2.05, 4.69) is 16.0 Å². The number of nitrogens with one attached hydrogen (secondary N) is 1. The van der Waals surface area contributed by atoms with Gasteiger partial charge in [-0.2, -0.15) is 10.4 Å². The molecule has 0 spiro atoms. The first-order chi connectivity index (χ1) is 16.7. The number of rotatable bonds is 6. The number of aromatic amines is 1. The van der Waals surface area contributed by atoms with Crippen LogP contribution in [0.25, 0.3) is 33.9 Å². The summed E-state index contributed by atoms with van der Waals surface area (Å²) in [6.45, 7) is 0. The molecule has 1 N–H and O–H groups in total. The normalized spacial score (nSPS) is 11.4. The van der Waals surface area contributed by atoms with Crippen LogP contribution in [0.2, 0.25) is 0 Å². The smallest absolute Gasteiger partial charge is 0.205 e. The number of benzene rings is 2. The number of H-pyrrole nitrogens is 1. The molecule has 7 heteroatoms. The second kappa shape index (κ2) is 8.88. The van der Waals surface area contributed by atoms with Gasteiger partial charge in [-0.3, -0.25) is 9.78 Å². The fraction of sp³-hybridized carbons (Fsp3) is 0.0370. The van der Waals surface area contributed by atoms with E-state index in [1.54, 1.807) is 48.7 Å². The molecule has 164 valence electrons. The van der Waals surface area contributed by atoms with E-state index in [4.69, 9.17) is 9.84 Å². The molecule has 0 atom stereocenters. The van der Waals surface area contributed by atoms with E-state index in [1.165, 1.54) is 0 Å². The van der Waals surface area contributed by atoms with Gasteiger partial charge in [0.15, 0.2) is 0 Å². The Labute approximate surface area is 195 Å². The molecule has 0 saturated heterocycles. The zero-order chi connectivity index (χ0) is 23.5. The monoisotopic (exact) mass is 445 g/mol. The lowest BCUT2D eigenvalue weighted by molar-refractivity contribution is 0.104. The summed E-state index contributed by atoms with van der Waals surface area (Å²) in [7, 11) is 1.57. The first kappa shape index (κ1) is 20.9. The van der Waals surface area contributed by atoms with Crippen LogP contribution in [0.5, 0.6) is 5.75 Å². The van der Waals surface area contributed by atoms with Gasteiger partial charge in [0.2, 0.25) is 5.78 Å². The van der Waals surface area contributed by atoms with Gasteiger partial charge in [-0.25, -0.2) is 4.68 Å². The molecule has 7 nitrogen and oxygen atoms in total. The molecule has 2 aromatic carbocycles. The highest BCUT2D eigenvalue weighted by atomic mass is 16.5. The number of carbonyl (C=O) groups excluding carboxylic acids is 1. The van der Waals surface area contributed by atoms with Crippen molar-refractivity contribution >= 4 is 22.8 Å². The molecule has 0 unspecified atom stereocenters. The van der Waals surface area contributed by atoms with E-state index in [-0.39, 0.29) is 11.4 Å². The second-order valence-corrected chi connectivity index (χ2v) is 7.57. The SMILES string of the molecule is COc1ccc2[nH]cc(C(=O)/C(C#N)=C/c3cn(-c4ccccc4)nc3-c3cccnc3)c2c1. The molecule has 0 fully saturated rings. The van der Waals surface area contributed by atoms with Gasteiger partial charge in [-0.1, -0.05) is 18.2 Å².